The fourth-order valence-electron chi connectivity index (χ4n) is 1.82. The number of sulfonamides is 1. The third kappa shape index (κ3) is 3.55. The van der Waals surface area contributed by atoms with Gasteiger partial charge in [0, 0.05) is 19.3 Å². The van der Waals surface area contributed by atoms with Gasteiger partial charge in [-0.25, -0.2) is 13.4 Å². The Bertz CT molecular complexity index is 557. The molecule has 0 aliphatic heterocycles. The fraction of sp³-hybridized carbons (Fsp3) is 0.667. The van der Waals surface area contributed by atoms with Crippen LogP contribution in [0.3, 0.4) is 0 Å². The number of hydrogen-bond acceptors (Lipinski definition) is 4. The maximum Gasteiger partial charge on any atom is 0.263 e. The lowest BCUT2D eigenvalue weighted by Crippen LogP contribution is -2.32. The van der Waals surface area contributed by atoms with E-state index in [1.165, 1.54) is 4.31 Å². The zero-order valence-electron chi connectivity index (χ0n) is 11.6. The molecule has 0 aliphatic carbocycles. The summed E-state index contributed by atoms with van der Waals surface area (Å²) >= 11 is 0. The highest BCUT2D eigenvalue weighted by Gasteiger charge is 2.26. The van der Waals surface area contributed by atoms with Gasteiger partial charge >= 0.3 is 0 Å². The molecule has 0 spiro atoms. The number of nitrogens with zero attached hydrogens (tertiary/aromatic N) is 4. The lowest BCUT2D eigenvalue weighted by atomic mass is 10.5. The summed E-state index contributed by atoms with van der Waals surface area (Å²) in [4.78, 5) is 4.11. The lowest BCUT2D eigenvalue weighted by molar-refractivity contribution is 0.442. The lowest BCUT2D eigenvalue weighted by Gasteiger charge is -2.16. The SMILES string of the molecule is CCCN(CC#N)S(=O)(=O)c1cn(CCC)c(C)n1. The van der Waals surface area contributed by atoms with Gasteiger partial charge in [-0.3, -0.25) is 0 Å². The molecule has 0 N–H and O–H groups in total. The zero-order chi connectivity index (χ0) is 14.5. The van der Waals surface area contributed by atoms with Crippen LogP contribution in [0.15, 0.2) is 11.2 Å². The second-order valence-electron chi connectivity index (χ2n) is 4.32. The van der Waals surface area contributed by atoms with E-state index in [2.05, 4.69) is 4.98 Å². The van der Waals surface area contributed by atoms with E-state index >= 15 is 0 Å². The summed E-state index contributed by atoms with van der Waals surface area (Å²) in [7, 11) is -3.67. The summed E-state index contributed by atoms with van der Waals surface area (Å²) in [5.41, 5.74) is 0. The van der Waals surface area contributed by atoms with Gasteiger partial charge in [0.2, 0.25) is 0 Å². The Kier molecular flexibility index (Phi) is 5.51. The highest BCUT2D eigenvalue weighted by Crippen LogP contribution is 2.15. The van der Waals surface area contributed by atoms with E-state index in [1.807, 2.05) is 24.5 Å². The van der Waals surface area contributed by atoms with Crippen molar-refractivity contribution in [2.45, 2.75) is 45.2 Å². The first-order valence-electron chi connectivity index (χ1n) is 6.38. The second kappa shape index (κ2) is 6.68. The molecular weight excluding hydrogens is 264 g/mol. The van der Waals surface area contributed by atoms with Gasteiger partial charge in [-0.15, -0.1) is 0 Å². The minimum atomic E-state index is -3.67. The molecule has 7 heteroatoms. The van der Waals surface area contributed by atoms with Gasteiger partial charge < -0.3 is 4.57 Å². The summed E-state index contributed by atoms with van der Waals surface area (Å²) < 4.78 is 27.8. The molecule has 0 amide bonds. The van der Waals surface area contributed by atoms with Crippen molar-refractivity contribution < 1.29 is 8.42 Å². The summed E-state index contributed by atoms with van der Waals surface area (Å²) in [5, 5.41) is 8.77. The Morgan fingerprint density at radius 3 is 2.63 bits per heavy atom. The van der Waals surface area contributed by atoms with Crippen LogP contribution in [0.5, 0.6) is 0 Å². The minimum Gasteiger partial charge on any atom is -0.334 e. The number of aromatic nitrogens is 2. The number of aryl methyl sites for hydroxylation is 2. The molecule has 0 saturated carbocycles. The molecule has 0 fully saturated rings. The van der Waals surface area contributed by atoms with Crippen molar-refractivity contribution in [3.8, 4) is 6.07 Å². The van der Waals surface area contributed by atoms with Gasteiger partial charge in [0.1, 0.15) is 12.4 Å². The van der Waals surface area contributed by atoms with Crippen molar-refractivity contribution in [3.05, 3.63) is 12.0 Å². The molecule has 0 radical (unpaired) electrons. The first kappa shape index (κ1) is 15.7. The maximum atomic E-state index is 12.4. The molecule has 0 bridgehead atoms. The van der Waals surface area contributed by atoms with E-state index in [9.17, 15) is 8.42 Å². The third-order valence-corrected chi connectivity index (χ3v) is 4.46. The molecule has 19 heavy (non-hydrogen) atoms. The summed E-state index contributed by atoms with van der Waals surface area (Å²) in [6.07, 6.45) is 3.12. The molecule has 106 valence electrons. The topological polar surface area (TPSA) is 79.0 Å². The second-order valence-corrected chi connectivity index (χ2v) is 6.20. The number of rotatable bonds is 7. The smallest absolute Gasteiger partial charge is 0.263 e. The molecule has 0 aromatic carbocycles. The molecular formula is C12H20N4O2S. The number of imidazole rings is 1. The van der Waals surface area contributed by atoms with E-state index in [0.29, 0.717) is 18.8 Å². The zero-order valence-corrected chi connectivity index (χ0v) is 12.4. The minimum absolute atomic E-state index is 0.0298. The fourth-order valence-corrected chi connectivity index (χ4v) is 3.24. The van der Waals surface area contributed by atoms with Crippen molar-refractivity contribution in [2.75, 3.05) is 13.1 Å². The van der Waals surface area contributed by atoms with Crippen molar-refractivity contribution in [3.63, 3.8) is 0 Å². The van der Waals surface area contributed by atoms with E-state index in [4.69, 9.17) is 5.26 Å². The molecule has 1 heterocycles. The predicted molar refractivity (Wildman–Crippen MR) is 71.9 cm³/mol. The van der Waals surface area contributed by atoms with Crippen molar-refractivity contribution in [1.82, 2.24) is 13.9 Å². The first-order chi connectivity index (χ1) is 8.97. The van der Waals surface area contributed by atoms with Gasteiger partial charge in [0.25, 0.3) is 10.0 Å². The molecule has 0 atom stereocenters. The Hall–Kier alpha value is -1.39. The van der Waals surface area contributed by atoms with Gasteiger partial charge in [-0.2, -0.15) is 9.57 Å². The molecule has 1 aromatic heterocycles. The maximum absolute atomic E-state index is 12.4. The van der Waals surface area contributed by atoms with Gasteiger partial charge in [-0.05, 0) is 19.8 Å². The van der Waals surface area contributed by atoms with Crippen LogP contribution in [0.1, 0.15) is 32.5 Å². The van der Waals surface area contributed by atoms with Crippen LogP contribution in [-0.4, -0.2) is 35.4 Å². The largest absolute Gasteiger partial charge is 0.334 e. The van der Waals surface area contributed by atoms with Crippen LogP contribution in [0.25, 0.3) is 0 Å². The summed E-state index contributed by atoms with van der Waals surface area (Å²) in [6.45, 7) is 6.60. The molecule has 6 nitrogen and oxygen atoms in total. The molecule has 1 rings (SSSR count). The Morgan fingerprint density at radius 1 is 1.42 bits per heavy atom. The van der Waals surface area contributed by atoms with Crippen molar-refractivity contribution >= 4 is 10.0 Å². The number of nitriles is 1. The van der Waals surface area contributed by atoms with Gasteiger partial charge in [-0.1, -0.05) is 13.8 Å². The first-order valence-corrected chi connectivity index (χ1v) is 7.82. The van der Waals surface area contributed by atoms with Crippen LogP contribution in [0.2, 0.25) is 0 Å². The van der Waals surface area contributed by atoms with E-state index in [0.717, 1.165) is 13.0 Å². The van der Waals surface area contributed by atoms with Crippen molar-refractivity contribution in [2.24, 2.45) is 0 Å². The quantitative estimate of drug-likeness (QED) is 0.711. The highest BCUT2D eigenvalue weighted by atomic mass is 32.2. The monoisotopic (exact) mass is 284 g/mol. The third-order valence-electron chi connectivity index (χ3n) is 2.74. The Labute approximate surface area is 114 Å². The van der Waals surface area contributed by atoms with E-state index in [-0.39, 0.29) is 11.6 Å². The summed E-state index contributed by atoms with van der Waals surface area (Å²) in [5.74, 6) is 0.675. The normalized spacial score (nSPS) is 11.7. The predicted octanol–water partition coefficient (Wildman–Crippen LogP) is 1.53. The molecule has 1 aromatic rings. The highest BCUT2D eigenvalue weighted by molar-refractivity contribution is 7.89. The average molecular weight is 284 g/mol. The van der Waals surface area contributed by atoms with Crippen LogP contribution in [0.4, 0.5) is 0 Å². The van der Waals surface area contributed by atoms with Crippen molar-refractivity contribution in [1.29, 1.82) is 5.26 Å². The average Bonchev–Trinajstić information content (AvgIpc) is 2.72. The van der Waals surface area contributed by atoms with Crippen LogP contribution >= 0.6 is 0 Å². The number of hydrogen-bond donors (Lipinski definition) is 0. The van der Waals surface area contributed by atoms with E-state index < -0.39 is 10.0 Å². The summed E-state index contributed by atoms with van der Waals surface area (Å²) in [6, 6.07) is 1.89. The van der Waals surface area contributed by atoms with E-state index in [1.54, 1.807) is 13.1 Å². The van der Waals surface area contributed by atoms with Crippen LogP contribution < -0.4 is 0 Å². The van der Waals surface area contributed by atoms with Crippen LogP contribution in [-0.2, 0) is 16.6 Å². The Balaban J connectivity index is 3.11. The molecule has 0 unspecified atom stereocenters. The molecule has 0 saturated heterocycles. The standard InChI is InChI=1S/C12H20N4O2S/c1-4-7-15-10-12(14-11(15)3)19(17,18)16(8-5-2)9-6-13/h10H,4-5,7-9H2,1-3H3. The van der Waals surface area contributed by atoms with Crippen LogP contribution in [0, 0.1) is 18.3 Å². The van der Waals surface area contributed by atoms with Gasteiger partial charge in [0.15, 0.2) is 5.03 Å². The molecule has 0 aliphatic rings. The van der Waals surface area contributed by atoms with Gasteiger partial charge in [0.05, 0.1) is 6.07 Å². The Morgan fingerprint density at radius 2 is 2.11 bits per heavy atom.